The first-order valence-electron chi connectivity index (χ1n) is 7.24. The van der Waals surface area contributed by atoms with Crippen LogP contribution in [0.4, 0.5) is 0 Å². The lowest BCUT2D eigenvalue weighted by atomic mass is 10.2. The van der Waals surface area contributed by atoms with Crippen LogP contribution in [0.5, 0.6) is 5.75 Å². The normalized spacial score (nSPS) is 10.8. The van der Waals surface area contributed by atoms with Crippen LogP contribution in [0.15, 0.2) is 34.7 Å². The molecular formula is C17H20ClNO4. The topological polar surface area (TPSA) is 51.9 Å². The van der Waals surface area contributed by atoms with Gasteiger partial charge in [0, 0.05) is 11.6 Å². The van der Waals surface area contributed by atoms with E-state index in [9.17, 15) is 4.79 Å². The number of carbonyl (C=O) groups is 1. The molecule has 0 aliphatic rings. The van der Waals surface area contributed by atoms with E-state index in [2.05, 4.69) is 4.90 Å². The lowest BCUT2D eigenvalue weighted by molar-refractivity contribution is 0.0599. The first-order valence-corrected chi connectivity index (χ1v) is 7.62. The van der Waals surface area contributed by atoms with Crippen molar-refractivity contribution in [2.75, 3.05) is 27.3 Å². The number of hydrogen-bond acceptors (Lipinski definition) is 5. The molecule has 1 aromatic heterocycles. The van der Waals surface area contributed by atoms with Crippen LogP contribution in [0.2, 0.25) is 5.02 Å². The number of rotatable bonds is 7. The Morgan fingerprint density at radius 1 is 1.30 bits per heavy atom. The lowest BCUT2D eigenvalue weighted by Crippen LogP contribution is -2.23. The van der Waals surface area contributed by atoms with Gasteiger partial charge in [-0.05, 0) is 44.3 Å². The zero-order chi connectivity index (χ0) is 16.8. The second-order valence-corrected chi connectivity index (χ2v) is 5.65. The summed E-state index contributed by atoms with van der Waals surface area (Å²) in [6.45, 7) is 3.60. The molecule has 23 heavy (non-hydrogen) atoms. The Labute approximate surface area is 140 Å². The van der Waals surface area contributed by atoms with Crippen molar-refractivity contribution in [3.8, 4) is 5.75 Å². The van der Waals surface area contributed by atoms with Gasteiger partial charge in [-0.2, -0.15) is 0 Å². The summed E-state index contributed by atoms with van der Waals surface area (Å²) in [6, 6.07) is 8.97. The molecule has 0 amide bonds. The van der Waals surface area contributed by atoms with Gasteiger partial charge >= 0.3 is 5.97 Å². The Kier molecular flexibility index (Phi) is 6.07. The molecular weight excluding hydrogens is 318 g/mol. The van der Waals surface area contributed by atoms with Crippen LogP contribution in [0.3, 0.4) is 0 Å². The first kappa shape index (κ1) is 17.4. The minimum atomic E-state index is -0.383. The number of esters is 1. The number of hydrogen-bond donors (Lipinski definition) is 0. The highest BCUT2D eigenvalue weighted by Crippen LogP contribution is 2.17. The van der Waals surface area contributed by atoms with Crippen LogP contribution in [0.1, 0.15) is 21.9 Å². The predicted octanol–water partition coefficient (Wildman–Crippen LogP) is 3.54. The molecule has 0 unspecified atom stereocenters. The minimum absolute atomic E-state index is 0.383. The summed E-state index contributed by atoms with van der Waals surface area (Å²) >= 11 is 5.83. The van der Waals surface area contributed by atoms with Gasteiger partial charge in [0.25, 0.3) is 0 Å². The summed E-state index contributed by atoms with van der Waals surface area (Å²) in [7, 11) is 3.32. The van der Waals surface area contributed by atoms with Crippen LogP contribution in [-0.4, -0.2) is 38.2 Å². The molecule has 0 spiro atoms. The average molecular weight is 338 g/mol. The fraction of sp³-hybridized carbons (Fsp3) is 0.353. The quantitative estimate of drug-likeness (QED) is 0.723. The molecule has 2 rings (SSSR count). The summed E-state index contributed by atoms with van der Waals surface area (Å²) in [5.74, 6) is 1.69. The fourth-order valence-electron chi connectivity index (χ4n) is 2.13. The van der Waals surface area contributed by atoms with Crippen molar-refractivity contribution in [2.45, 2.75) is 13.5 Å². The van der Waals surface area contributed by atoms with Gasteiger partial charge in [-0.15, -0.1) is 0 Å². The van der Waals surface area contributed by atoms with Crippen molar-refractivity contribution >= 4 is 17.6 Å². The maximum absolute atomic E-state index is 11.6. The molecule has 1 heterocycles. The van der Waals surface area contributed by atoms with E-state index in [0.717, 1.165) is 18.1 Å². The molecule has 0 radical (unpaired) electrons. The second kappa shape index (κ2) is 8.04. The predicted molar refractivity (Wildman–Crippen MR) is 88.1 cm³/mol. The molecule has 0 aliphatic heterocycles. The number of ether oxygens (including phenoxy) is 2. The van der Waals surface area contributed by atoms with Crippen molar-refractivity contribution in [1.82, 2.24) is 4.90 Å². The summed E-state index contributed by atoms with van der Waals surface area (Å²) in [5, 5.41) is 0.684. The molecule has 5 nitrogen and oxygen atoms in total. The Morgan fingerprint density at radius 2 is 2.00 bits per heavy atom. The van der Waals surface area contributed by atoms with E-state index in [0.29, 0.717) is 29.5 Å². The van der Waals surface area contributed by atoms with Crippen molar-refractivity contribution in [2.24, 2.45) is 0 Å². The molecule has 0 bridgehead atoms. The summed E-state index contributed by atoms with van der Waals surface area (Å²) in [5.41, 5.74) is 0.466. The molecule has 6 heteroatoms. The smallest absolute Gasteiger partial charge is 0.341 e. The van der Waals surface area contributed by atoms with Crippen molar-refractivity contribution in [3.05, 3.63) is 52.4 Å². The van der Waals surface area contributed by atoms with Crippen LogP contribution < -0.4 is 4.74 Å². The highest BCUT2D eigenvalue weighted by atomic mass is 35.5. The number of halogens is 1. The first-order chi connectivity index (χ1) is 11.0. The van der Waals surface area contributed by atoms with E-state index in [1.54, 1.807) is 25.1 Å². The third-order valence-corrected chi connectivity index (χ3v) is 3.61. The van der Waals surface area contributed by atoms with E-state index in [1.807, 2.05) is 19.2 Å². The summed E-state index contributed by atoms with van der Waals surface area (Å²) < 4.78 is 16.0. The molecule has 0 aliphatic carbocycles. The van der Waals surface area contributed by atoms with Gasteiger partial charge < -0.3 is 13.9 Å². The summed E-state index contributed by atoms with van der Waals surface area (Å²) in [6.07, 6.45) is 0. The molecule has 1 aromatic carbocycles. The van der Waals surface area contributed by atoms with E-state index >= 15 is 0 Å². The maximum Gasteiger partial charge on any atom is 0.341 e. The van der Waals surface area contributed by atoms with Crippen LogP contribution in [0.25, 0.3) is 0 Å². The van der Waals surface area contributed by atoms with E-state index in [1.165, 1.54) is 7.11 Å². The number of nitrogens with zero attached hydrogens (tertiary/aromatic N) is 1. The Hall–Kier alpha value is -1.98. The van der Waals surface area contributed by atoms with Gasteiger partial charge in [0.05, 0.1) is 13.7 Å². The summed E-state index contributed by atoms with van der Waals surface area (Å²) in [4.78, 5) is 13.6. The molecule has 124 valence electrons. The highest BCUT2D eigenvalue weighted by Gasteiger charge is 2.16. The van der Waals surface area contributed by atoms with Crippen molar-refractivity contribution < 1.29 is 18.7 Å². The Morgan fingerprint density at radius 3 is 2.65 bits per heavy atom. The van der Waals surface area contributed by atoms with Crippen molar-refractivity contribution in [1.29, 1.82) is 0 Å². The van der Waals surface area contributed by atoms with Gasteiger partial charge in [-0.25, -0.2) is 4.79 Å². The molecule has 0 saturated heterocycles. The Balaban J connectivity index is 1.81. The van der Waals surface area contributed by atoms with Gasteiger partial charge in [0.1, 0.15) is 29.4 Å². The zero-order valence-electron chi connectivity index (χ0n) is 13.5. The molecule has 2 aromatic rings. The van der Waals surface area contributed by atoms with Crippen LogP contribution >= 0.6 is 11.6 Å². The Bertz CT molecular complexity index is 651. The van der Waals surface area contributed by atoms with Gasteiger partial charge in [-0.1, -0.05) is 11.6 Å². The van der Waals surface area contributed by atoms with Gasteiger partial charge in [-0.3, -0.25) is 4.90 Å². The second-order valence-electron chi connectivity index (χ2n) is 5.21. The molecule has 0 fully saturated rings. The maximum atomic E-state index is 11.6. The number of carbonyl (C=O) groups excluding carboxylic acids is 1. The number of methoxy groups -OCH3 is 1. The number of likely N-dealkylation sites (N-methyl/N-ethyl adjacent to an activating group) is 1. The fourth-order valence-corrected chi connectivity index (χ4v) is 2.26. The van der Waals surface area contributed by atoms with Crippen LogP contribution in [0, 0.1) is 6.92 Å². The standard InChI is InChI=1S/C17H20ClNO4/c1-12-16(17(20)21-3)10-15(23-12)11-19(2)8-9-22-14-6-4-13(18)5-7-14/h4-7,10H,8-9,11H2,1-3H3. The highest BCUT2D eigenvalue weighted by molar-refractivity contribution is 6.30. The molecule has 0 N–H and O–H groups in total. The number of aryl methyl sites for hydroxylation is 1. The molecule has 0 atom stereocenters. The average Bonchev–Trinajstić information content (AvgIpc) is 2.89. The van der Waals surface area contributed by atoms with Crippen LogP contribution in [-0.2, 0) is 11.3 Å². The third-order valence-electron chi connectivity index (χ3n) is 3.36. The van der Waals surface area contributed by atoms with E-state index in [-0.39, 0.29) is 5.97 Å². The minimum Gasteiger partial charge on any atom is -0.492 e. The van der Waals surface area contributed by atoms with Gasteiger partial charge in [0.2, 0.25) is 0 Å². The molecule has 0 saturated carbocycles. The van der Waals surface area contributed by atoms with E-state index < -0.39 is 0 Å². The zero-order valence-corrected chi connectivity index (χ0v) is 14.2. The monoisotopic (exact) mass is 337 g/mol. The lowest BCUT2D eigenvalue weighted by Gasteiger charge is -2.15. The third kappa shape index (κ3) is 5.01. The van der Waals surface area contributed by atoms with Gasteiger partial charge in [0.15, 0.2) is 0 Å². The van der Waals surface area contributed by atoms with E-state index in [4.69, 9.17) is 25.5 Å². The van der Waals surface area contributed by atoms with Crippen molar-refractivity contribution in [3.63, 3.8) is 0 Å². The largest absolute Gasteiger partial charge is 0.492 e. The SMILES string of the molecule is COC(=O)c1cc(CN(C)CCOc2ccc(Cl)cc2)oc1C. The number of furan rings is 1. The number of benzene rings is 1.